The largest absolute Gasteiger partial charge is 0.433 e. The molecule has 0 aliphatic rings. The van der Waals surface area contributed by atoms with Gasteiger partial charge in [0.15, 0.2) is 11.3 Å². The molecule has 3 aromatic heterocycles. The van der Waals surface area contributed by atoms with E-state index in [1.54, 1.807) is 0 Å². The predicted octanol–water partition coefficient (Wildman–Crippen LogP) is 3.54. The van der Waals surface area contributed by atoms with Crippen molar-refractivity contribution in [1.82, 2.24) is 24.3 Å². The number of nitrogens with zero attached hydrogens (tertiary/aromatic N) is 4. The zero-order valence-electron chi connectivity index (χ0n) is 19.8. The average Bonchev–Trinajstić information content (AvgIpc) is 3.30. The molecule has 39 heavy (non-hydrogen) atoms. The number of sulfonamides is 1. The van der Waals surface area contributed by atoms with Crippen molar-refractivity contribution < 1.29 is 31.8 Å². The van der Waals surface area contributed by atoms with E-state index < -0.39 is 40.6 Å². The van der Waals surface area contributed by atoms with E-state index >= 15 is 0 Å². The minimum absolute atomic E-state index is 0.0296. The standard InChI is InChI=1S/C24H18Cl2F3N5O4S/c1-23(12-35,13-36)33-39(37,38)17-6-14(9-30-11-17)2-3-16-10-31-34-21(24(27,28)29)8-20(32-22(16)34)15-4-5-18(25)19(26)7-15/h4-11,33,35-36H,12-13H2,1H3. The molecule has 0 aliphatic heterocycles. The highest BCUT2D eigenvalue weighted by Crippen LogP contribution is 2.34. The second-order valence-corrected chi connectivity index (χ2v) is 11.1. The van der Waals surface area contributed by atoms with E-state index in [9.17, 15) is 31.8 Å². The first-order chi connectivity index (χ1) is 18.3. The maximum atomic E-state index is 13.9. The molecule has 3 N–H and O–H groups in total. The molecule has 0 unspecified atom stereocenters. The van der Waals surface area contributed by atoms with Crippen molar-refractivity contribution >= 4 is 38.9 Å². The first-order valence-corrected chi connectivity index (χ1v) is 13.1. The summed E-state index contributed by atoms with van der Waals surface area (Å²) in [4.78, 5) is 7.86. The molecule has 15 heteroatoms. The Morgan fingerprint density at radius 1 is 1.03 bits per heavy atom. The van der Waals surface area contributed by atoms with Gasteiger partial charge in [-0.25, -0.2) is 22.6 Å². The molecule has 1 aromatic carbocycles. The van der Waals surface area contributed by atoms with Crippen LogP contribution in [0, 0.1) is 11.8 Å². The van der Waals surface area contributed by atoms with Crippen molar-refractivity contribution in [1.29, 1.82) is 0 Å². The third-order valence-electron chi connectivity index (χ3n) is 5.42. The number of alkyl halides is 3. The van der Waals surface area contributed by atoms with Crippen LogP contribution in [0.2, 0.25) is 10.0 Å². The number of aliphatic hydroxyl groups excluding tert-OH is 2. The number of aliphatic hydroxyl groups is 2. The molecule has 0 aliphatic carbocycles. The quantitative estimate of drug-likeness (QED) is 0.289. The summed E-state index contributed by atoms with van der Waals surface area (Å²) in [6.07, 6.45) is -1.38. The highest BCUT2D eigenvalue weighted by atomic mass is 35.5. The summed E-state index contributed by atoms with van der Waals surface area (Å²) >= 11 is 12.0. The van der Waals surface area contributed by atoms with Crippen LogP contribution in [0.5, 0.6) is 0 Å². The third-order valence-corrected chi connectivity index (χ3v) is 7.77. The SMILES string of the molecule is CC(CO)(CO)NS(=O)(=O)c1cncc(C#Cc2cnn3c(C(F)(F)F)cc(-c4ccc(Cl)c(Cl)c4)nc23)c1. The first-order valence-electron chi connectivity index (χ1n) is 10.9. The van der Waals surface area contributed by atoms with Crippen molar-refractivity contribution in [3.8, 4) is 23.1 Å². The number of aromatic nitrogens is 4. The summed E-state index contributed by atoms with van der Waals surface area (Å²) < 4.78 is 69.8. The number of pyridine rings is 1. The van der Waals surface area contributed by atoms with E-state index in [2.05, 4.69) is 31.6 Å². The minimum Gasteiger partial charge on any atom is -0.394 e. The third kappa shape index (κ3) is 6.17. The Morgan fingerprint density at radius 3 is 2.38 bits per heavy atom. The normalized spacial score (nSPS) is 12.4. The van der Waals surface area contributed by atoms with E-state index in [0.29, 0.717) is 4.52 Å². The summed E-state index contributed by atoms with van der Waals surface area (Å²) in [5.74, 6) is 5.33. The van der Waals surface area contributed by atoms with Gasteiger partial charge in [0.1, 0.15) is 4.90 Å². The maximum absolute atomic E-state index is 13.9. The number of fused-ring (bicyclic) bond motifs is 1. The zero-order valence-corrected chi connectivity index (χ0v) is 22.2. The number of hydrogen-bond donors (Lipinski definition) is 3. The Balaban J connectivity index is 1.78. The lowest BCUT2D eigenvalue weighted by Crippen LogP contribution is -2.51. The van der Waals surface area contributed by atoms with Crippen LogP contribution in [0.4, 0.5) is 13.2 Å². The average molecular weight is 600 g/mol. The van der Waals surface area contributed by atoms with Crippen LogP contribution in [0.1, 0.15) is 23.7 Å². The monoisotopic (exact) mass is 599 g/mol. The molecule has 0 saturated heterocycles. The summed E-state index contributed by atoms with van der Waals surface area (Å²) in [7, 11) is -4.21. The second-order valence-electron chi connectivity index (χ2n) is 8.59. The van der Waals surface area contributed by atoms with Gasteiger partial charge in [-0.05, 0) is 31.2 Å². The van der Waals surface area contributed by atoms with E-state index in [1.807, 2.05) is 0 Å². The Bertz CT molecular complexity index is 1730. The van der Waals surface area contributed by atoms with E-state index in [0.717, 1.165) is 18.5 Å². The van der Waals surface area contributed by atoms with Crippen molar-refractivity contribution in [2.75, 3.05) is 13.2 Å². The van der Waals surface area contributed by atoms with Gasteiger partial charge < -0.3 is 10.2 Å². The molecule has 4 aromatic rings. The van der Waals surface area contributed by atoms with Gasteiger partial charge >= 0.3 is 6.18 Å². The number of benzene rings is 1. The van der Waals surface area contributed by atoms with Crippen LogP contribution in [0.3, 0.4) is 0 Å². The van der Waals surface area contributed by atoms with Gasteiger partial charge in [-0.1, -0.05) is 41.1 Å². The molecule has 3 heterocycles. The van der Waals surface area contributed by atoms with E-state index in [1.165, 1.54) is 37.4 Å². The van der Waals surface area contributed by atoms with Gasteiger partial charge in [0.2, 0.25) is 10.0 Å². The maximum Gasteiger partial charge on any atom is 0.433 e. The Morgan fingerprint density at radius 2 is 1.74 bits per heavy atom. The molecule has 0 fully saturated rings. The van der Waals surface area contributed by atoms with E-state index in [4.69, 9.17) is 23.2 Å². The van der Waals surface area contributed by atoms with Crippen LogP contribution >= 0.6 is 23.2 Å². The zero-order chi connectivity index (χ0) is 28.6. The lowest BCUT2D eigenvalue weighted by Gasteiger charge is -2.25. The lowest BCUT2D eigenvalue weighted by molar-refractivity contribution is -0.142. The number of nitrogens with one attached hydrogen (secondary N) is 1. The summed E-state index contributed by atoms with van der Waals surface area (Å²) in [6.45, 7) is -0.0235. The number of halogens is 5. The fraction of sp³-hybridized carbons (Fsp3) is 0.208. The van der Waals surface area contributed by atoms with Crippen LogP contribution in [-0.4, -0.2) is 57.0 Å². The Labute approximate surface area is 230 Å². The molecular weight excluding hydrogens is 582 g/mol. The van der Waals surface area contributed by atoms with Gasteiger partial charge in [0, 0.05) is 23.5 Å². The van der Waals surface area contributed by atoms with Crippen molar-refractivity contribution in [2.24, 2.45) is 0 Å². The highest BCUT2D eigenvalue weighted by molar-refractivity contribution is 7.89. The van der Waals surface area contributed by atoms with E-state index in [-0.39, 0.29) is 43.0 Å². The Hall–Kier alpha value is -3.25. The fourth-order valence-corrected chi connectivity index (χ4v) is 5.00. The summed E-state index contributed by atoms with van der Waals surface area (Å²) in [5.41, 5.74) is -2.44. The molecule has 0 amide bonds. The van der Waals surface area contributed by atoms with Gasteiger partial charge in [0.25, 0.3) is 0 Å². The van der Waals surface area contributed by atoms with Crippen LogP contribution in [0.15, 0.2) is 53.8 Å². The smallest absolute Gasteiger partial charge is 0.394 e. The van der Waals surface area contributed by atoms with Crippen LogP contribution in [0.25, 0.3) is 16.9 Å². The van der Waals surface area contributed by atoms with Crippen molar-refractivity contribution in [3.63, 3.8) is 0 Å². The fourth-order valence-electron chi connectivity index (χ4n) is 3.33. The van der Waals surface area contributed by atoms with Gasteiger partial charge in [0.05, 0.1) is 46.3 Å². The summed E-state index contributed by atoms with van der Waals surface area (Å²) in [6, 6.07) is 6.30. The predicted molar refractivity (Wildman–Crippen MR) is 137 cm³/mol. The summed E-state index contributed by atoms with van der Waals surface area (Å²) in [5, 5.41) is 22.9. The van der Waals surface area contributed by atoms with Crippen LogP contribution in [-0.2, 0) is 16.2 Å². The molecule has 204 valence electrons. The molecule has 0 atom stereocenters. The van der Waals surface area contributed by atoms with Gasteiger partial charge in [-0.2, -0.15) is 18.3 Å². The van der Waals surface area contributed by atoms with Gasteiger partial charge in [-0.3, -0.25) is 4.98 Å². The number of rotatable bonds is 6. The number of hydrogen-bond acceptors (Lipinski definition) is 7. The molecule has 0 spiro atoms. The second kappa shape index (κ2) is 10.7. The molecular formula is C24H18Cl2F3N5O4S. The first kappa shape index (κ1) is 28.8. The topological polar surface area (TPSA) is 130 Å². The highest BCUT2D eigenvalue weighted by Gasteiger charge is 2.35. The van der Waals surface area contributed by atoms with Crippen LogP contribution < -0.4 is 4.72 Å². The van der Waals surface area contributed by atoms with Crippen molar-refractivity contribution in [2.45, 2.75) is 23.5 Å². The van der Waals surface area contributed by atoms with Crippen molar-refractivity contribution in [3.05, 3.63) is 75.8 Å². The molecule has 4 rings (SSSR count). The van der Waals surface area contributed by atoms with Gasteiger partial charge in [-0.15, -0.1) is 0 Å². The minimum atomic E-state index is -4.78. The molecule has 0 saturated carbocycles. The molecule has 0 radical (unpaired) electrons. The Kier molecular flexibility index (Phi) is 7.91. The molecule has 0 bridgehead atoms. The molecule has 9 nitrogen and oxygen atoms in total. The lowest BCUT2D eigenvalue weighted by atomic mass is 10.1.